The lowest BCUT2D eigenvalue weighted by Crippen LogP contribution is -2.48. The second-order valence-corrected chi connectivity index (χ2v) is 5.06. The third-order valence-electron chi connectivity index (χ3n) is 3.84. The lowest BCUT2D eigenvalue weighted by molar-refractivity contribution is -0.136. The molecule has 2 bridgehead atoms. The van der Waals surface area contributed by atoms with E-state index in [4.69, 9.17) is 5.73 Å². The number of amides is 1. The molecule has 0 aliphatic carbocycles. The molecule has 17 heavy (non-hydrogen) atoms. The molecule has 4 nitrogen and oxygen atoms in total. The van der Waals surface area contributed by atoms with Crippen LogP contribution in [0.4, 0.5) is 5.69 Å². The van der Waals surface area contributed by atoms with Gasteiger partial charge in [-0.05, 0) is 31.2 Å². The lowest BCUT2D eigenvalue weighted by atomic mass is 10.1. The van der Waals surface area contributed by atoms with Crippen molar-refractivity contribution in [3.05, 3.63) is 29.8 Å². The second kappa shape index (κ2) is 3.74. The number of nitrogens with zero attached hydrogens (tertiary/aromatic N) is 2. The number of anilines is 1. The van der Waals surface area contributed by atoms with Crippen LogP contribution in [-0.4, -0.2) is 41.4 Å². The number of piperazine rings is 1. The summed E-state index contributed by atoms with van der Waals surface area (Å²) >= 11 is 0. The summed E-state index contributed by atoms with van der Waals surface area (Å²) in [6.45, 7) is 1.69. The Morgan fingerprint density at radius 2 is 2.29 bits per heavy atom. The molecule has 2 N–H and O–H groups in total. The van der Waals surface area contributed by atoms with Crippen molar-refractivity contribution < 1.29 is 4.79 Å². The second-order valence-electron chi connectivity index (χ2n) is 5.06. The van der Waals surface area contributed by atoms with Crippen LogP contribution >= 0.6 is 0 Å². The maximum atomic E-state index is 12.1. The van der Waals surface area contributed by atoms with Gasteiger partial charge in [0.2, 0.25) is 5.91 Å². The molecule has 0 spiro atoms. The third kappa shape index (κ3) is 1.69. The van der Waals surface area contributed by atoms with Gasteiger partial charge in [0.15, 0.2) is 0 Å². The van der Waals surface area contributed by atoms with Crippen LogP contribution in [0.5, 0.6) is 0 Å². The minimum atomic E-state index is 0.112. The molecule has 2 unspecified atom stereocenters. The molecule has 2 heterocycles. The van der Waals surface area contributed by atoms with Gasteiger partial charge < -0.3 is 10.6 Å². The van der Waals surface area contributed by atoms with E-state index in [0.29, 0.717) is 12.6 Å². The molecule has 4 heteroatoms. The normalized spacial score (nSPS) is 28.1. The predicted octanol–water partition coefficient (Wildman–Crippen LogP) is 0.684. The Balaban J connectivity index is 1.77. The van der Waals surface area contributed by atoms with Gasteiger partial charge in [0.05, 0.1) is 6.04 Å². The Morgan fingerprint density at radius 3 is 2.94 bits per heavy atom. The summed E-state index contributed by atoms with van der Waals surface area (Å²) < 4.78 is 0. The highest BCUT2D eigenvalue weighted by atomic mass is 16.2. The quantitative estimate of drug-likeness (QED) is 0.762. The minimum Gasteiger partial charge on any atom is -0.399 e. The first-order valence-electron chi connectivity index (χ1n) is 6.00. The van der Waals surface area contributed by atoms with Crippen LogP contribution in [0.2, 0.25) is 0 Å². The van der Waals surface area contributed by atoms with Crippen molar-refractivity contribution >= 4 is 11.6 Å². The first kappa shape index (κ1) is 10.6. The van der Waals surface area contributed by atoms with Crippen molar-refractivity contribution in [3.8, 4) is 0 Å². The highest BCUT2D eigenvalue weighted by molar-refractivity contribution is 5.85. The first-order valence-corrected chi connectivity index (χ1v) is 6.00. The van der Waals surface area contributed by atoms with E-state index in [1.165, 1.54) is 0 Å². The number of hydrogen-bond acceptors (Lipinski definition) is 3. The highest BCUT2D eigenvalue weighted by Gasteiger charge is 2.47. The van der Waals surface area contributed by atoms with Gasteiger partial charge in [-0.3, -0.25) is 9.69 Å². The summed E-state index contributed by atoms with van der Waals surface area (Å²) in [4.78, 5) is 16.3. The van der Waals surface area contributed by atoms with Crippen LogP contribution in [0.15, 0.2) is 24.3 Å². The van der Waals surface area contributed by atoms with Gasteiger partial charge in [0.1, 0.15) is 0 Å². The Kier molecular flexibility index (Phi) is 2.33. The molecule has 0 radical (unpaired) electrons. The number of fused-ring (bicyclic) bond motifs is 2. The molecule has 2 fully saturated rings. The van der Waals surface area contributed by atoms with E-state index >= 15 is 0 Å². The molecule has 1 aromatic carbocycles. The monoisotopic (exact) mass is 231 g/mol. The Labute approximate surface area is 101 Å². The zero-order valence-corrected chi connectivity index (χ0v) is 9.97. The van der Waals surface area contributed by atoms with E-state index in [1.54, 1.807) is 0 Å². The van der Waals surface area contributed by atoms with Crippen molar-refractivity contribution in [1.82, 2.24) is 9.80 Å². The van der Waals surface area contributed by atoms with Crippen molar-refractivity contribution in [2.45, 2.75) is 25.0 Å². The predicted molar refractivity (Wildman–Crippen MR) is 66.2 cm³/mol. The van der Waals surface area contributed by atoms with Crippen LogP contribution in [0, 0.1) is 0 Å². The molecule has 2 atom stereocenters. The summed E-state index contributed by atoms with van der Waals surface area (Å²) in [5.41, 5.74) is 7.63. The molecule has 0 saturated carbocycles. The Bertz CT molecular complexity index is 460. The van der Waals surface area contributed by atoms with Crippen molar-refractivity contribution in [2.24, 2.45) is 0 Å². The van der Waals surface area contributed by atoms with Gasteiger partial charge in [-0.15, -0.1) is 0 Å². The SMILES string of the molecule is CN1CC2CC1C(=O)N2Cc1cccc(N)c1. The average molecular weight is 231 g/mol. The number of hydrogen-bond donors (Lipinski definition) is 1. The number of nitrogens with two attached hydrogens (primary N) is 1. The zero-order valence-electron chi connectivity index (χ0n) is 9.97. The van der Waals surface area contributed by atoms with E-state index in [0.717, 1.165) is 24.2 Å². The van der Waals surface area contributed by atoms with Gasteiger partial charge >= 0.3 is 0 Å². The zero-order chi connectivity index (χ0) is 12.0. The number of carbonyl (C=O) groups is 1. The summed E-state index contributed by atoms with van der Waals surface area (Å²) in [5, 5.41) is 0. The highest BCUT2D eigenvalue weighted by Crippen LogP contribution is 2.31. The minimum absolute atomic E-state index is 0.112. The molecule has 2 aliphatic heterocycles. The largest absolute Gasteiger partial charge is 0.399 e. The van der Waals surface area contributed by atoms with E-state index in [-0.39, 0.29) is 11.9 Å². The molecule has 1 aromatic rings. The topological polar surface area (TPSA) is 49.6 Å². The molecular formula is C13H17N3O. The van der Waals surface area contributed by atoms with Gasteiger partial charge in [-0.1, -0.05) is 12.1 Å². The molecule has 0 aromatic heterocycles. The van der Waals surface area contributed by atoms with Gasteiger partial charge in [0, 0.05) is 24.8 Å². The molecular weight excluding hydrogens is 214 g/mol. The lowest BCUT2D eigenvalue weighted by Gasteiger charge is -2.31. The number of likely N-dealkylation sites (tertiary alicyclic amines) is 2. The molecule has 1 amide bonds. The number of nitrogen functional groups attached to an aromatic ring is 1. The van der Waals surface area contributed by atoms with E-state index in [1.807, 2.05) is 36.2 Å². The summed E-state index contributed by atoms with van der Waals surface area (Å²) in [6, 6.07) is 8.28. The molecule has 3 rings (SSSR count). The van der Waals surface area contributed by atoms with Crippen molar-refractivity contribution in [1.29, 1.82) is 0 Å². The fraction of sp³-hybridized carbons (Fsp3) is 0.462. The number of carbonyl (C=O) groups excluding carboxylic acids is 1. The standard InChI is InChI=1S/C13H17N3O/c1-15-8-11-6-12(15)13(17)16(11)7-9-3-2-4-10(14)5-9/h2-5,11-12H,6-8,14H2,1H3. The molecule has 2 saturated heterocycles. The Morgan fingerprint density at radius 1 is 1.47 bits per heavy atom. The number of benzene rings is 1. The fourth-order valence-electron chi connectivity index (χ4n) is 2.95. The van der Waals surface area contributed by atoms with E-state index < -0.39 is 0 Å². The average Bonchev–Trinajstić information content (AvgIpc) is 2.78. The Hall–Kier alpha value is -1.55. The smallest absolute Gasteiger partial charge is 0.240 e. The first-order chi connectivity index (χ1) is 8.15. The van der Waals surface area contributed by atoms with E-state index in [2.05, 4.69) is 4.90 Å². The fourth-order valence-corrected chi connectivity index (χ4v) is 2.95. The summed E-state index contributed by atoms with van der Waals surface area (Å²) in [7, 11) is 2.03. The molecule has 2 aliphatic rings. The van der Waals surface area contributed by atoms with Crippen LogP contribution < -0.4 is 5.73 Å². The van der Waals surface area contributed by atoms with Gasteiger partial charge in [0.25, 0.3) is 0 Å². The van der Waals surface area contributed by atoms with Gasteiger partial charge in [-0.2, -0.15) is 0 Å². The van der Waals surface area contributed by atoms with E-state index in [9.17, 15) is 4.79 Å². The summed E-state index contributed by atoms with van der Waals surface area (Å²) in [5.74, 6) is 0.270. The van der Waals surface area contributed by atoms with Crippen LogP contribution in [0.1, 0.15) is 12.0 Å². The third-order valence-corrected chi connectivity index (χ3v) is 3.84. The van der Waals surface area contributed by atoms with Gasteiger partial charge in [-0.25, -0.2) is 0 Å². The maximum Gasteiger partial charge on any atom is 0.240 e. The van der Waals surface area contributed by atoms with Crippen molar-refractivity contribution in [3.63, 3.8) is 0 Å². The van der Waals surface area contributed by atoms with Crippen LogP contribution in [0.3, 0.4) is 0 Å². The molecule has 90 valence electrons. The maximum absolute atomic E-state index is 12.1. The van der Waals surface area contributed by atoms with Crippen LogP contribution in [0.25, 0.3) is 0 Å². The van der Waals surface area contributed by atoms with Crippen molar-refractivity contribution in [2.75, 3.05) is 19.3 Å². The summed E-state index contributed by atoms with van der Waals surface area (Å²) in [6.07, 6.45) is 0.984. The van der Waals surface area contributed by atoms with Crippen LogP contribution in [-0.2, 0) is 11.3 Å². The number of likely N-dealkylation sites (N-methyl/N-ethyl adjacent to an activating group) is 1. The number of rotatable bonds is 2.